The maximum Gasteiger partial charge on any atom is 0.238 e. The van der Waals surface area contributed by atoms with Crippen LogP contribution in [0.15, 0.2) is 42.5 Å². The summed E-state index contributed by atoms with van der Waals surface area (Å²) in [7, 11) is 0. The molecule has 2 N–H and O–H groups in total. The second-order valence-electron chi connectivity index (χ2n) is 5.86. The molecule has 7 heteroatoms. The van der Waals surface area contributed by atoms with Gasteiger partial charge < -0.3 is 10.6 Å². The summed E-state index contributed by atoms with van der Waals surface area (Å²) >= 11 is 12.0. The highest BCUT2D eigenvalue weighted by Crippen LogP contribution is 2.23. The number of anilines is 2. The lowest BCUT2D eigenvalue weighted by atomic mass is 10.2. The van der Waals surface area contributed by atoms with Gasteiger partial charge in [-0.05, 0) is 48.5 Å². The van der Waals surface area contributed by atoms with E-state index < -0.39 is 0 Å². The Morgan fingerprint density at radius 1 is 0.962 bits per heavy atom. The summed E-state index contributed by atoms with van der Waals surface area (Å²) in [5, 5.41) is 6.55. The van der Waals surface area contributed by atoms with Crippen molar-refractivity contribution < 1.29 is 9.59 Å². The first-order valence-corrected chi connectivity index (χ1v) is 8.96. The van der Waals surface area contributed by atoms with Gasteiger partial charge in [0.05, 0.1) is 16.6 Å². The Labute approximate surface area is 163 Å². The number of carbonyl (C=O) groups is 2. The summed E-state index contributed by atoms with van der Waals surface area (Å²) < 4.78 is 0. The van der Waals surface area contributed by atoms with Gasteiger partial charge in [0.2, 0.25) is 11.8 Å². The Balaban J connectivity index is 1.91. The molecule has 0 radical (unpaired) electrons. The largest absolute Gasteiger partial charge is 0.326 e. The quantitative estimate of drug-likeness (QED) is 0.731. The van der Waals surface area contributed by atoms with Crippen LogP contribution in [0.4, 0.5) is 11.4 Å². The predicted molar refractivity (Wildman–Crippen MR) is 107 cm³/mol. The zero-order valence-electron chi connectivity index (χ0n) is 14.7. The fourth-order valence-electron chi connectivity index (χ4n) is 2.42. The highest BCUT2D eigenvalue weighted by atomic mass is 35.5. The van der Waals surface area contributed by atoms with Gasteiger partial charge in [-0.15, -0.1) is 0 Å². The highest BCUT2D eigenvalue weighted by molar-refractivity contribution is 6.42. The van der Waals surface area contributed by atoms with Crippen molar-refractivity contribution in [3.8, 4) is 0 Å². The third kappa shape index (κ3) is 6.33. The second kappa shape index (κ2) is 9.57. The van der Waals surface area contributed by atoms with Crippen molar-refractivity contribution in [1.82, 2.24) is 4.90 Å². The number of halogens is 2. The first-order chi connectivity index (χ1) is 12.4. The molecule has 2 rings (SSSR count). The zero-order chi connectivity index (χ0) is 19.1. The number of hydrogen-bond acceptors (Lipinski definition) is 3. The van der Waals surface area contributed by atoms with E-state index in [0.29, 0.717) is 28.0 Å². The van der Waals surface area contributed by atoms with Gasteiger partial charge >= 0.3 is 0 Å². The first kappa shape index (κ1) is 20.2. The Bertz CT molecular complexity index is 779. The molecule has 5 nitrogen and oxygen atoms in total. The standard InChI is InChI=1S/C19H21Cl2N3O2/c1-3-24(11-14-4-9-17(20)18(21)10-14)12-19(26)23-16-7-5-15(6-8-16)22-13(2)25/h4-10H,3,11-12H2,1-2H3,(H,22,25)(H,23,26). The van der Waals surface area contributed by atoms with Gasteiger partial charge in [-0.25, -0.2) is 0 Å². The lowest BCUT2D eigenvalue weighted by Gasteiger charge is -2.20. The molecule has 0 aliphatic carbocycles. The Hall–Kier alpha value is -2.08. The monoisotopic (exact) mass is 393 g/mol. The minimum absolute atomic E-state index is 0.112. The number of nitrogens with one attached hydrogen (secondary N) is 2. The van der Waals surface area contributed by atoms with Crippen LogP contribution in [0, 0.1) is 0 Å². The van der Waals surface area contributed by atoms with Crippen LogP contribution >= 0.6 is 23.2 Å². The normalized spacial score (nSPS) is 10.7. The van der Waals surface area contributed by atoms with Crippen molar-refractivity contribution in [2.24, 2.45) is 0 Å². The molecule has 0 unspecified atom stereocenters. The summed E-state index contributed by atoms with van der Waals surface area (Å²) in [5.41, 5.74) is 2.36. The van der Waals surface area contributed by atoms with Gasteiger partial charge in [0.15, 0.2) is 0 Å². The van der Waals surface area contributed by atoms with Gasteiger partial charge in [0.1, 0.15) is 0 Å². The van der Waals surface area contributed by atoms with Gasteiger partial charge in [0.25, 0.3) is 0 Å². The molecule has 138 valence electrons. The molecule has 0 bridgehead atoms. The van der Waals surface area contributed by atoms with E-state index in [4.69, 9.17) is 23.2 Å². The van der Waals surface area contributed by atoms with E-state index in [0.717, 1.165) is 12.1 Å². The third-order valence-electron chi connectivity index (χ3n) is 3.69. The van der Waals surface area contributed by atoms with Crippen LogP contribution in [0.1, 0.15) is 19.4 Å². The lowest BCUT2D eigenvalue weighted by Crippen LogP contribution is -2.32. The average molecular weight is 394 g/mol. The fourth-order valence-corrected chi connectivity index (χ4v) is 2.74. The summed E-state index contributed by atoms with van der Waals surface area (Å²) in [4.78, 5) is 25.3. The van der Waals surface area contributed by atoms with Crippen LogP contribution < -0.4 is 10.6 Å². The van der Waals surface area contributed by atoms with E-state index >= 15 is 0 Å². The van der Waals surface area contributed by atoms with Gasteiger partial charge in [0, 0.05) is 24.8 Å². The second-order valence-corrected chi connectivity index (χ2v) is 6.67. The number of benzene rings is 2. The molecule has 2 amide bonds. The van der Waals surface area contributed by atoms with Crippen molar-refractivity contribution in [1.29, 1.82) is 0 Å². The Kier molecular flexibility index (Phi) is 7.45. The van der Waals surface area contributed by atoms with Crippen LogP contribution in [-0.2, 0) is 16.1 Å². The van der Waals surface area contributed by atoms with Crippen LogP contribution in [0.3, 0.4) is 0 Å². The predicted octanol–water partition coefficient (Wildman–Crippen LogP) is 4.41. The minimum Gasteiger partial charge on any atom is -0.326 e. The topological polar surface area (TPSA) is 61.4 Å². The minimum atomic E-state index is -0.136. The van der Waals surface area contributed by atoms with Crippen molar-refractivity contribution >= 4 is 46.4 Å². The van der Waals surface area contributed by atoms with Crippen LogP contribution in [0.5, 0.6) is 0 Å². The molecule has 26 heavy (non-hydrogen) atoms. The molecule has 2 aromatic carbocycles. The Morgan fingerprint density at radius 3 is 2.12 bits per heavy atom. The van der Waals surface area contributed by atoms with E-state index in [1.165, 1.54) is 6.92 Å². The number of likely N-dealkylation sites (N-methyl/N-ethyl adjacent to an activating group) is 1. The number of hydrogen-bond donors (Lipinski definition) is 2. The van der Waals surface area contributed by atoms with Crippen LogP contribution in [0.2, 0.25) is 10.0 Å². The van der Waals surface area contributed by atoms with E-state index in [1.54, 1.807) is 30.3 Å². The smallest absolute Gasteiger partial charge is 0.238 e. The van der Waals surface area contributed by atoms with E-state index in [-0.39, 0.29) is 18.4 Å². The molecular weight excluding hydrogens is 373 g/mol. The van der Waals surface area contributed by atoms with Crippen LogP contribution in [0.25, 0.3) is 0 Å². The lowest BCUT2D eigenvalue weighted by molar-refractivity contribution is -0.117. The van der Waals surface area contributed by atoms with Gasteiger partial charge in [-0.3, -0.25) is 14.5 Å². The maximum absolute atomic E-state index is 12.3. The van der Waals surface area contributed by atoms with Crippen molar-refractivity contribution in [2.75, 3.05) is 23.7 Å². The molecule has 0 fully saturated rings. The molecule has 0 aliphatic heterocycles. The molecule has 0 saturated carbocycles. The summed E-state index contributed by atoms with van der Waals surface area (Å²) in [6.07, 6.45) is 0. The summed E-state index contributed by atoms with van der Waals surface area (Å²) in [6, 6.07) is 12.4. The van der Waals surface area contributed by atoms with Gasteiger partial charge in [-0.2, -0.15) is 0 Å². The average Bonchev–Trinajstić information content (AvgIpc) is 2.59. The van der Waals surface area contributed by atoms with E-state index in [2.05, 4.69) is 10.6 Å². The Morgan fingerprint density at radius 2 is 1.58 bits per heavy atom. The molecular formula is C19H21Cl2N3O2. The van der Waals surface area contributed by atoms with Crippen molar-refractivity contribution in [2.45, 2.75) is 20.4 Å². The number of amides is 2. The number of carbonyl (C=O) groups excluding carboxylic acids is 2. The molecule has 0 atom stereocenters. The van der Waals surface area contributed by atoms with Crippen molar-refractivity contribution in [3.05, 3.63) is 58.1 Å². The third-order valence-corrected chi connectivity index (χ3v) is 4.43. The van der Waals surface area contributed by atoms with E-state index in [9.17, 15) is 9.59 Å². The van der Waals surface area contributed by atoms with Crippen LogP contribution in [-0.4, -0.2) is 29.8 Å². The number of nitrogens with zero attached hydrogens (tertiary/aromatic N) is 1. The number of rotatable bonds is 7. The molecule has 0 spiro atoms. The molecule has 0 heterocycles. The molecule has 0 saturated heterocycles. The first-order valence-electron chi connectivity index (χ1n) is 8.21. The SMILES string of the molecule is CCN(CC(=O)Nc1ccc(NC(C)=O)cc1)Cc1ccc(Cl)c(Cl)c1. The van der Waals surface area contributed by atoms with Crippen molar-refractivity contribution in [3.63, 3.8) is 0 Å². The maximum atomic E-state index is 12.3. The highest BCUT2D eigenvalue weighted by Gasteiger charge is 2.11. The zero-order valence-corrected chi connectivity index (χ0v) is 16.2. The summed E-state index contributed by atoms with van der Waals surface area (Å²) in [5.74, 6) is -0.248. The van der Waals surface area contributed by atoms with E-state index in [1.807, 2.05) is 24.0 Å². The van der Waals surface area contributed by atoms with Gasteiger partial charge in [-0.1, -0.05) is 36.2 Å². The molecule has 2 aromatic rings. The summed E-state index contributed by atoms with van der Waals surface area (Å²) in [6.45, 7) is 5.01. The molecule has 0 aliphatic rings. The fraction of sp³-hybridized carbons (Fsp3) is 0.263. The molecule has 0 aromatic heterocycles.